The highest BCUT2D eigenvalue weighted by Crippen LogP contribution is 2.37. The van der Waals surface area contributed by atoms with E-state index in [1.807, 2.05) is 0 Å². The number of hydrogen-bond donors (Lipinski definition) is 1. The number of unbranched alkanes of at least 4 members (excludes halogenated alkanes) is 1. The van der Waals surface area contributed by atoms with E-state index in [0.717, 1.165) is 38.0 Å². The Bertz CT molecular complexity index is 1050. The van der Waals surface area contributed by atoms with Gasteiger partial charge in [0.05, 0.1) is 6.61 Å². The van der Waals surface area contributed by atoms with Gasteiger partial charge in [0.15, 0.2) is 0 Å². The Morgan fingerprint density at radius 2 is 1.49 bits per heavy atom. The van der Waals surface area contributed by atoms with E-state index < -0.39 is 39.9 Å². The van der Waals surface area contributed by atoms with E-state index in [4.69, 9.17) is 0 Å². The summed E-state index contributed by atoms with van der Waals surface area (Å²) in [7, 11) is 0. The van der Waals surface area contributed by atoms with Crippen LogP contribution in [0.2, 0.25) is 0 Å². The highest BCUT2D eigenvalue weighted by molar-refractivity contribution is 5.84. The quantitative estimate of drug-likeness (QED) is 0.196. The molecule has 242 valence electrons. The molecule has 0 radical (unpaired) electrons. The Labute approximate surface area is 254 Å². The van der Waals surface area contributed by atoms with Gasteiger partial charge in [-0.3, -0.25) is 25.0 Å². The minimum Gasteiger partial charge on any atom is -0.476 e. The fourth-order valence-corrected chi connectivity index (χ4v) is 4.12. The average molecular weight is 608 g/mol. The summed E-state index contributed by atoms with van der Waals surface area (Å²) in [5.41, 5.74) is 1.20. The number of nitrogens with zero attached hydrogens (tertiary/aromatic N) is 3. The van der Waals surface area contributed by atoms with Crippen molar-refractivity contribution in [3.05, 3.63) is 61.8 Å². The van der Waals surface area contributed by atoms with Gasteiger partial charge in [0.1, 0.15) is 6.04 Å². The lowest BCUT2D eigenvalue weighted by atomic mass is 9.85. The Hall–Kier alpha value is -3.83. The first-order valence-corrected chi connectivity index (χ1v) is 15.0. The maximum Gasteiger partial charge on any atom is 0.381 e. The molecule has 12 heteroatoms. The first kappa shape index (κ1) is 39.2. The highest BCUT2D eigenvalue weighted by Gasteiger charge is 2.47. The average Bonchev–Trinajstić information content (AvgIpc) is 2.97. The fourth-order valence-electron chi connectivity index (χ4n) is 4.12. The topological polar surface area (TPSA) is 170 Å². The molecule has 0 bridgehead atoms. The van der Waals surface area contributed by atoms with Gasteiger partial charge in [-0.25, -0.2) is 9.59 Å². The first-order chi connectivity index (χ1) is 20.2. The molecule has 1 aliphatic heterocycles. The lowest BCUT2D eigenvalue weighted by Gasteiger charge is -2.36. The summed E-state index contributed by atoms with van der Waals surface area (Å²) in [6.07, 6.45) is 10.3. The predicted octanol–water partition coefficient (Wildman–Crippen LogP) is 6.53. The molecule has 0 saturated heterocycles. The summed E-state index contributed by atoms with van der Waals surface area (Å²) >= 11 is 0. The largest absolute Gasteiger partial charge is 0.476 e. The lowest BCUT2D eigenvalue weighted by molar-refractivity contribution is -0.517. The number of esters is 1. The van der Waals surface area contributed by atoms with Crippen LogP contribution in [0.25, 0.3) is 6.08 Å². The molecule has 1 saturated carbocycles. The van der Waals surface area contributed by atoms with Crippen molar-refractivity contribution in [2.24, 2.45) is 11.8 Å². The van der Waals surface area contributed by atoms with Crippen LogP contribution in [0.1, 0.15) is 111 Å². The van der Waals surface area contributed by atoms with Gasteiger partial charge < -0.3 is 14.7 Å². The van der Waals surface area contributed by atoms with Crippen LogP contribution in [0.4, 0.5) is 0 Å². The molecule has 0 aromatic heterocycles. The van der Waals surface area contributed by atoms with E-state index in [9.17, 15) is 39.7 Å². The number of fused-ring (bicyclic) bond motifs is 1. The molecule has 3 rings (SSSR count). The van der Waals surface area contributed by atoms with E-state index in [1.54, 1.807) is 37.3 Å². The minimum atomic E-state index is -1.90. The molecule has 3 atom stereocenters. The van der Waals surface area contributed by atoms with E-state index >= 15 is 0 Å². The normalized spacial score (nSPS) is 16.8. The summed E-state index contributed by atoms with van der Waals surface area (Å²) in [6.45, 7) is 13.8. The van der Waals surface area contributed by atoms with Crippen molar-refractivity contribution >= 4 is 23.9 Å². The smallest absolute Gasteiger partial charge is 0.381 e. The molecule has 1 fully saturated rings. The maximum absolute atomic E-state index is 13.0. The van der Waals surface area contributed by atoms with Gasteiger partial charge in [-0.05, 0) is 42.9 Å². The fraction of sp³-hybridized carbons (Fsp3) is 0.645. The van der Waals surface area contributed by atoms with E-state index in [2.05, 4.69) is 39.4 Å². The Kier molecular flexibility index (Phi) is 19.1. The number of hydrogen-bond acceptors (Lipinski definition) is 8. The van der Waals surface area contributed by atoms with E-state index in [0.29, 0.717) is 11.1 Å². The molecule has 2 aliphatic rings. The minimum absolute atomic E-state index is 0.178. The monoisotopic (exact) mass is 607 g/mol. The van der Waals surface area contributed by atoms with Crippen LogP contribution in [0, 0.1) is 32.1 Å². The standard InChI is InChI=1S/C18H20N2O5.C5H9NO4.2C4H10/c21-17(13-7-2-1-3-8-13)19-11-10-12-6-4-5-9-14(12)15(19)16(18(22)23)20(24)25;1-3-10-5(7)4(2)6(8)9;1-4(2)3;1-3-4-2/h4-6,9-11,13,15-16H,1-3,7-8H2,(H,22,23);4H,3H2,1-2H3;4H,1-3H3;3-4H2,1-2H3. The third-order valence-corrected chi connectivity index (χ3v) is 6.46. The van der Waals surface area contributed by atoms with Gasteiger partial charge in [0, 0.05) is 28.9 Å². The van der Waals surface area contributed by atoms with Crippen molar-refractivity contribution in [3.63, 3.8) is 0 Å². The molecule has 43 heavy (non-hydrogen) atoms. The van der Waals surface area contributed by atoms with Crippen molar-refractivity contribution in [1.29, 1.82) is 0 Å². The molecule has 1 aliphatic carbocycles. The van der Waals surface area contributed by atoms with Crippen LogP contribution in [-0.2, 0) is 19.1 Å². The molecule has 1 aromatic carbocycles. The molecular formula is C31H49N3O9. The predicted molar refractivity (Wildman–Crippen MR) is 164 cm³/mol. The van der Waals surface area contributed by atoms with Gasteiger partial charge in [-0.1, -0.05) is 91.0 Å². The van der Waals surface area contributed by atoms with E-state index in [-0.39, 0.29) is 18.4 Å². The maximum atomic E-state index is 13.0. The molecule has 1 heterocycles. The molecule has 12 nitrogen and oxygen atoms in total. The van der Waals surface area contributed by atoms with Crippen LogP contribution < -0.4 is 0 Å². The van der Waals surface area contributed by atoms with Gasteiger partial charge in [-0.15, -0.1) is 0 Å². The Morgan fingerprint density at radius 3 is 1.93 bits per heavy atom. The zero-order valence-electron chi connectivity index (χ0n) is 26.6. The molecule has 3 unspecified atom stereocenters. The number of ether oxygens (including phenoxy) is 1. The number of carboxylic acid groups (broad SMARTS) is 1. The number of carbonyl (C=O) groups excluding carboxylic acids is 2. The number of nitro groups is 2. The summed E-state index contributed by atoms with van der Waals surface area (Å²) in [6, 6.07) is 2.61. The van der Waals surface area contributed by atoms with Crippen LogP contribution >= 0.6 is 0 Å². The number of benzene rings is 1. The number of carboxylic acids is 1. The summed E-state index contributed by atoms with van der Waals surface area (Å²) in [5, 5.41) is 30.8. The second-order valence-corrected chi connectivity index (χ2v) is 11.0. The molecule has 1 aromatic rings. The molecular weight excluding hydrogens is 558 g/mol. The summed E-state index contributed by atoms with van der Waals surface area (Å²) < 4.78 is 4.38. The Morgan fingerprint density at radius 1 is 0.953 bits per heavy atom. The third-order valence-electron chi connectivity index (χ3n) is 6.46. The SMILES string of the molecule is CC(C)C.CCCC.CCOC(=O)C(C)[N+](=O)[O-].O=C(O)C(C1c2ccccc2C=CN1C(=O)C1CCCCC1)[N+](=O)[O-]. The van der Waals surface area contributed by atoms with Crippen molar-refractivity contribution in [2.45, 2.75) is 112 Å². The number of amides is 1. The van der Waals surface area contributed by atoms with Gasteiger partial charge >= 0.3 is 24.0 Å². The summed E-state index contributed by atoms with van der Waals surface area (Å²) in [4.78, 5) is 56.3. The van der Waals surface area contributed by atoms with Crippen molar-refractivity contribution in [2.75, 3.05) is 6.61 Å². The highest BCUT2D eigenvalue weighted by atomic mass is 16.6. The van der Waals surface area contributed by atoms with Crippen LogP contribution in [0.5, 0.6) is 0 Å². The lowest BCUT2D eigenvalue weighted by Crippen LogP contribution is -2.48. The second kappa shape index (κ2) is 21.0. The zero-order chi connectivity index (χ0) is 33.1. The molecule has 1 amide bonds. The van der Waals surface area contributed by atoms with E-state index in [1.165, 1.54) is 30.9 Å². The van der Waals surface area contributed by atoms with Crippen molar-refractivity contribution in [3.8, 4) is 0 Å². The number of rotatable bonds is 8. The number of aliphatic carboxylic acids is 1. The summed E-state index contributed by atoms with van der Waals surface area (Å²) in [5.74, 6) is -1.91. The molecule has 1 N–H and O–H groups in total. The van der Waals surface area contributed by atoms with Gasteiger partial charge in [0.2, 0.25) is 5.91 Å². The van der Waals surface area contributed by atoms with Gasteiger partial charge in [-0.2, -0.15) is 0 Å². The third kappa shape index (κ3) is 13.8. The first-order valence-electron chi connectivity index (χ1n) is 15.0. The Balaban J connectivity index is 0.000000809. The second-order valence-electron chi connectivity index (χ2n) is 11.0. The van der Waals surface area contributed by atoms with Crippen LogP contribution in [0.15, 0.2) is 30.5 Å². The zero-order valence-corrected chi connectivity index (χ0v) is 26.6. The van der Waals surface area contributed by atoms with Crippen LogP contribution in [-0.4, -0.2) is 56.4 Å². The number of carbonyl (C=O) groups is 3. The van der Waals surface area contributed by atoms with Crippen molar-refractivity contribution < 1.29 is 34.1 Å². The van der Waals surface area contributed by atoms with Gasteiger partial charge in [0.25, 0.3) is 0 Å². The van der Waals surface area contributed by atoms with Crippen LogP contribution in [0.3, 0.4) is 0 Å². The molecule has 0 spiro atoms. The van der Waals surface area contributed by atoms with Crippen molar-refractivity contribution in [1.82, 2.24) is 4.90 Å².